The first-order chi connectivity index (χ1) is 15.2. The Hall–Kier alpha value is -3.92. The van der Waals surface area contributed by atoms with Crippen molar-refractivity contribution in [3.63, 3.8) is 0 Å². The summed E-state index contributed by atoms with van der Waals surface area (Å²) < 4.78 is 43.8. The third-order valence-electron chi connectivity index (χ3n) is 4.21. The van der Waals surface area contributed by atoms with Gasteiger partial charge in [0, 0.05) is 5.56 Å². The number of nitrogens with zero attached hydrogens (tertiary/aromatic N) is 3. The van der Waals surface area contributed by atoms with Crippen molar-refractivity contribution in [1.29, 1.82) is 5.26 Å². The van der Waals surface area contributed by atoms with Crippen molar-refractivity contribution < 1.29 is 28.0 Å². The van der Waals surface area contributed by atoms with E-state index in [2.05, 4.69) is 15.8 Å². The summed E-state index contributed by atoms with van der Waals surface area (Å²) in [6.45, 7) is -1.19. The molecule has 0 aliphatic carbocycles. The number of rotatable bonds is 10. The number of nitrogens with two attached hydrogens (primary N) is 2. The second-order valence-electron chi connectivity index (χ2n) is 6.56. The van der Waals surface area contributed by atoms with Crippen molar-refractivity contribution in [3.8, 4) is 6.07 Å². The minimum Gasteiger partial charge on any atom is -0.391 e. The summed E-state index contributed by atoms with van der Waals surface area (Å²) in [7, 11) is 0. The number of nitrogens with one attached hydrogen (secondary N) is 2. The van der Waals surface area contributed by atoms with Crippen LogP contribution in [0, 0.1) is 17.1 Å². The molecule has 0 radical (unpaired) electrons. The number of hydrogen-bond donors (Lipinski definition) is 5. The van der Waals surface area contributed by atoms with Gasteiger partial charge in [-0.2, -0.15) is 14.0 Å². The van der Waals surface area contributed by atoms with Crippen LogP contribution in [0.1, 0.15) is 11.1 Å². The topological polar surface area (TPSA) is 162 Å². The number of nitriles is 1. The molecule has 32 heavy (non-hydrogen) atoms. The molecule has 10 nitrogen and oxygen atoms in total. The summed E-state index contributed by atoms with van der Waals surface area (Å²) in [5.74, 6) is -5.46. The molecule has 0 atom stereocenters. The van der Waals surface area contributed by atoms with Gasteiger partial charge in [0.2, 0.25) is 11.9 Å². The molecule has 0 fully saturated rings. The molecular weight excluding hydrogens is 431 g/mol. The Morgan fingerprint density at radius 1 is 1.41 bits per heavy atom. The Morgan fingerprint density at radius 2 is 2.16 bits per heavy atom. The van der Waals surface area contributed by atoms with E-state index in [4.69, 9.17) is 16.3 Å². The first kappa shape index (κ1) is 24.4. The van der Waals surface area contributed by atoms with E-state index in [9.17, 15) is 28.4 Å². The number of amides is 1. The average Bonchev–Trinajstić information content (AvgIpc) is 2.74. The highest BCUT2D eigenvalue weighted by Crippen LogP contribution is 2.30. The number of halogens is 3. The van der Waals surface area contributed by atoms with E-state index in [-0.39, 0.29) is 42.5 Å². The van der Waals surface area contributed by atoms with Crippen LogP contribution in [0.25, 0.3) is 0 Å². The number of carbonyl (C=O) groups is 1. The minimum atomic E-state index is -3.52. The zero-order valence-electron chi connectivity index (χ0n) is 16.8. The summed E-state index contributed by atoms with van der Waals surface area (Å²) in [6, 6.07) is 4.11. The van der Waals surface area contributed by atoms with Crippen LogP contribution >= 0.6 is 0 Å². The first-order valence-electron chi connectivity index (χ1n) is 9.30. The van der Waals surface area contributed by atoms with Gasteiger partial charge in [-0.05, 0) is 23.4 Å². The van der Waals surface area contributed by atoms with Gasteiger partial charge in [-0.3, -0.25) is 15.1 Å². The van der Waals surface area contributed by atoms with Crippen LogP contribution < -0.4 is 22.1 Å². The molecule has 1 aromatic carbocycles. The maximum atomic E-state index is 14.9. The molecule has 1 amide bonds. The lowest BCUT2D eigenvalue weighted by molar-refractivity contribution is -0.120. The third-order valence-corrected chi connectivity index (χ3v) is 4.21. The van der Waals surface area contributed by atoms with E-state index in [0.717, 1.165) is 12.1 Å². The zero-order valence-corrected chi connectivity index (χ0v) is 16.8. The highest BCUT2D eigenvalue weighted by molar-refractivity contribution is 5.80. The van der Waals surface area contributed by atoms with Crippen LogP contribution in [-0.4, -0.2) is 54.3 Å². The molecular formula is C19H22F3N7O3. The van der Waals surface area contributed by atoms with Crippen LogP contribution in [0.5, 0.6) is 0 Å². The molecule has 0 bridgehead atoms. The van der Waals surface area contributed by atoms with Crippen LogP contribution in [-0.2, 0) is 16.1 Å². The second kappa shape index (κ2) is 10.9. The van der Waals surface area contributed by atoms with Crippen LogP contribution in [0.3, 0.4) is 0 Å². The molecule has 0 spiro atoms. The molecule has 1 aliphatic rings. The Morgan fingerprint density at radius 3 is 2.81 bits per heavy atom. The van der Waals surface area contributed by atoms with E-state index < -0.39 is 36.3 Å². The molecule has 13 heteroatoms. The smallest absolute Gasteiger partial charge is 0.306 e. The van der Waals surface area contributed by atoms with Gasteiger partial charge in [0.15, 0.2) is 5.82 Å². The van der Waals surface area contributed by atoms with Crippen molar-refractivity contribution in [2.75, 3.05) is 31.6 Å². The van der Waals surface area contributed by atoms with Gasteiger partial charge in [-0.1, -0.05) is 12.2 Å². The maximum absolute atomic E-state index is 14.9. The van der Waals surface area contributed by atoms with Gasteiger partial charge in [-0.15, -0.1) is 0 Å². The molecule has 2 rings (SSSR count). The van der Waals surface area contributed by atoms with Gasteiger partial charge >= 0.3 is 5.92 Å². The number of allylic oxidation sites excluding steroid dienone is 2. The normalized spacial score (nSPS) is 13.1. The number of alkyl halides is 2. The lowest BCUT2D eigenvalue weighted by Crippen LogP contribution is -2.38. The number of guanidine groups is 1. The van der Waals surface area contributed by atoms with Crippen molar-refractivity contribution in [1.82, 2.24) is 10.4 Å². The van der Waals surface area contributed by atoms with Crippen molar-refractivity contribution in [2.45, 2.75) is 12.3 Å². The quantitative estimate of drug-likeness (QED) is 0.150. The summed E-state index contributed by atoms with van der Waals surface area (Å²) in [4.78, 5) is 16.8. The predicted octanol–water partition coefficient (Wildman–Crippen LogP) is 0.753. The Labute approximate surface area is 181 Å². The lowest BCUT2D eigenvalue weighted by Gasteiger charge is -2.28. The molecule has 7 N–H and O–H groups in total. The monoisotopic (exact) mass is 453 g/mol. The van der Waals surface area contributed by atoms with Crippen LogP contribution in [0.4, 0.5) is 18.9 Å². The van der Waals surface area contributed by atoms with Crippen LogP contribution in [0.2, 0.25) is 0 Å². The average molecular weight is 453 g/mol. The second-order valence-corrected chi connectivity index (χ2v) is 6.56. The third kappa shape index (κ3) is 6.54. The molecule has 0 saturated heterocycles. The lowest BCUT2D eigenvalue weighted by atomic mass is 10.0. The van der Waals surface area contributed by atoms with E-state index in [1.807, 2.05) is 0 Å². The molecule has 1 heterocycles. The SMILES string of the molecule is N#Cc1ccc(NCC(F)(F)C2=CC=CCN2O)c(F)c1CC(=O)NCCON=C(N)N. The standard InChI is InChI=1S/C19H22F3N7O3/c20-17-13(9-16(30)26-6-8-32-28-18(24)25)12(10-23)4-5-14(17)27-11-19(21,22)15-3-1-2-7-29(15)31/h1-5,27,31H,6-9,11H2,(H,26,30)(H4,24,25,28). The number of benzene rings is 1. The number of anilines is 1. The van der Waals surface area contributed by atoms with E-state index >= 15 is 0 Å². The molecule has 172 valence electrons. The van der Waals surface area contributed by atoms with E-state index in [1.165, 1.54) is 18.2 Å². The summed E-state index contributed by atoms with van der Waals surface area (Å²) >= 11 is 0. The summed E-state index contributed by atoms with van der Waals surface area (Å²) in [6.07, 6.45) is 3.39. The fourth-order valence-corrected chi connectivity index (χ4v) is 2.73. The van der Waals surface area contributed by atoms with Gasteiger partial charge in [0.1, 0.15) is 12.3 Å². The molecule has 0 aromatic heterocycles. The number of hydroxylamine groups is 2. The first-order valence-corrected chi connectivity index (χ1v) is 9.30. The van der Waals surface area contributed by atoms with E-state index in [0.29, 0.717) is 5.06 Å². The van der Waals surface area contributed by atoms with Gasteiger partial charge in [0.05, 0.1) is 43.4 Å². The van der Waals surface area contributed by atoms with Gasteiger partial charge in [-0.25, -0.2) is 4.39 Å². The maximum Gasteiger partial charge on any atom is 0.306 e. The highest BCUT2D eigenvalue weighted by atomic mass is 19.3. The minimum absolute atomic E-state index is 0.00446. The highest BCUT2D eigenvalue weighted by Gasteiger charge is 2.38. The summed E-state index contributed by atoms with van der Waals surface area (Å²) in [5, 5.41) is 27.2. The fraction of sp³-hybridized carbons (Fsp3) is 0.316. The zero-order chi connectivity index (χ0) is 23.7. The number of carbonyl (C=O) groups excluding carboxylic acids is 1. The van der Waals surface area contributed by atoms with Gasteiger partial charge in [0.25, 0.3) is 0 Å². The predicted molar refractivity (Wildman–Crippen MR) is 109 cm³/mol. The number of hydrogen-bond acceptors (Lipinski definition) is 7. The van der Waals surface area contributed by atoms with Crippen molar-refractivity contribution >= 4 is 17.6 Å². The van der Waals surface area contributed by atoms with E-state index in [1.54, 1.807) is 6.07 Å². The summed E-state index contributed by atoms with van der Waals surface area (Å²) in [5.41, 5.74) is 8.80. The molecule has 1 aliphatic heterocycles. The van der Waals surface area contributed by atoms with Crippen LogP contribution in [0.15, 0.2) is 41.2 Å². The molecule has 0 unspecified atom stereocenters. The fourth-order valence-electron chi connectivity index (χ4n) is 2.73. The van der Waals surface area contributed by atoms with Crippen molar-refractivity contribution in [3.05, 3.63) is 53.0 Å². The number of oxime groups is 1. The molecule has 0 saturated carbocycles. The largest absolute Gasteiger partial charge is 0.391 e. The van der Waals surface area contributed by atoms with Crippen molar-refractivity contribution in [2.24, 2.45) is 16.6 Å². The Balaban J connectivity index is 2.06. The molecule has 1 aromatic rings. The Kier molecular flexibility index (Phi) is 8.31. The Bertz CT molecular complexity index is 970. The van der Waals surface area contributed by atoms with Gasteiger partial charge < -0.3 is 26.9 Å².